The molecule has 2 N–H and O–H groups in total. The number of hydrogen-bond donors (Lipinski definition) is 2. The van der Waals surface area contributed by atoms with Crippen LogP contribution in [-0.2, 0) is 9.53 Å². The summed E-state index contributed by atoms with van der Waals surface area (Å²) in [4.78, 5) is 26.6. The number of alkyl carbamates (subject to hydrolysis) is 1. The number of ether oxygens (including phenoxy) is 1. The Kier molecular flexibility index (Phi) is 5.53. The zero-order chi connectivity index (χ0) is 14.6. The molecule has 0 fully saturated rings. The second-order valence-corrected chi connectivity index (χ2v) is 7.76. The van der Waals surface area contributed by atoms with Crippen molar-refractivity contribution in [3.8, 4) is 0 Å². The molecule has 0 bridgehead atoms. The lowest BCUT2D eigenvalue weighted by atomic mass is 10.2. The largest absolute Gasteiger partial charge is 0.481 e. The number of nitrogens with one attached hydrogen (secondary N) is 1. The highest BCUT2D eigenvalue weighted by molar-refractivity contribution is 14.1. The topological polar surface area (TPSA) is 88.5 Å². The second kappa shape index (κ2) is 6.51. The van der Waals surface area contributed by atoms with Gasteiger partial charge >= 0.3 is 12.1 Å². The average molecular weight is 398 g/mol. The van der Waals surface area contributed by atoms with Crippen LogP contribution >= 0.6 is 33.9 Å². The Hall–Kier alpha value is -0.900. The Bertz CT molecular complexity index is 470. The molecule has 1 atom stereocenters. The van der Waals surface area contributed by atoms with Crippen molar-refractivity contribution in [2.45, 2.75) is 38.8 Å². The van der Waals surface area contributed by atoms with E-state index in [-0.39, 0.29) is 6.42 Å². The van der Waals surface area contributed by atoms with Gasteiger partial charge in [0.15, 0.2) is 0 Å². The van der Waals surface area contributed by atoms with E-state index in [1.807, 2.05) is 0 Å². The third-order valence-electron chi connectivity index (χ3n) is 1.86. The van der Waals surface area contributed by atoms with Crippen molar-refractivity contribution in [2.75, 3.05) is 0 Å². The summed E-state index contributed by atoms with van der Waals surface area (Å²) in [5.41, 5.74) is -0.630. The summed E-state index contributed by atoms with van der Waals surface area (Å²) >= 11 is 3.43. The molecular formula is C11H15IN2O4S. The fourth-order valence-corrected chi connectivity index (χ4v) is 2.76. The van der Waals surface area contributed by atoms with Crippen molar-refractivity contribution in [3.63, 3.8) is 0 Å². The van der Waals surface area contributed by atoms with Gasteiger partial charge in [-0.25, -0.2) is 9.78 Å². The summed E-state index contributed by atoms with van der Waals surface area (Å²) < 4.78 is 6.04. The van der Waals surface area contributed by atoms with Gasteiger partial charge in [-0.05, 0) is 43.4 Å². The summed E-state index contributed by atoms with van der Waals surface area (Å²) in [6.45, 7) is 5.22. The predicted molar refractivity (Wildman–Crippen MR) is 79.2 cm³/mol. The van der Waals surface area contributed by atoms with Crippen molar-refractivity contribution < 1.29 is 19.4 Å². The Balaban J connectivity index is 2.76. The molecule has 1 heterocycles. The number of amides is 1. The molecule has 0 unspecified atom stereocenters. The van der Waals surface area contributed by atoms with Crippen LogP contribution in [0.3, 0.4) is 0 Å². The molecule has 1 rings (SSSR count). The summed E-state index contributed by atoms with van der Waals surface area (Å²) in [5.74, 6) is -1.01. The molecule has 0 aliphatic heterocycles. The molecule has 19 heavy (non-hydrogen) atoms. The molecule has 0 aliphatic rings. The highest BCUT2D eigenvalue weighted by atomic mass is 127. The third-order valence-corrected chi connectivity index (χ3v) is 3.70. The van der Waals surface area contributed by atoms with Crippen LogP contribution in [0.2, 0.25) is 0 Å². The molecule has 0 aliphatic carbocycles. The molecule has 1 amide bonds. The predicted octanol–water partition coefficient (Wildman–Crippen LogP) is 2.79. The fourth-order valence-electron chi connectivity index (χ4n) is 1.25. The van der Waals surface area contributed by atoms with Crippen molar-refractivity contribution in [1.29, 1.82) is 0 Å². The first kappa shape index (κ1) is 16.2. The zero-order valence-corrected chi connectivity index (χ0v) is 13.7. The lowest BCUT2D eigenvalue weighted by Gasteiger charge is -2.22. The quantitative estimate of drug-likeness (QED) is 0.762. The van der Waals surface area contributed by atoms with Gasteiger partial charge in [0.2, 0.25) is 0 Å². The summed E-state index contributed by atoms with van der Waals surface area (Å²) in [7, 11) is 0. The van der Waals surface area contributed by atoms with Gasteiger partial charge < -0.3 is 15.2 Å². The number of rotatable bonds is 4. The highest BCUT2D eigenvalue weighted by Crippen LogP contribution is 2.24. The van der Waals surface area contributed by atoms with Crippen molar-refractivity contribution in [2.24, 2.45) is 0 Å². The molecule has 0 radical (unpaired) electrons. The lowest BCUT2D eigenvalue weighted by Crippen LogP contribution is -2.35. The maximum atomic E-state index is 11.7. The van der Waals surface area contributed by atoms with E-state index in [4.69, 9.17) is 9.84 Å². The van der Waals surface area contributed by atoms with Crippen molar-refractivity contribution in [3.05, 3.63) is 14.1 Å². The Morgan fingerprint density at radius 1 is 1.58 bits per heavy atom. The van der Waals surface area contributed by atoms with Gasteiger partial charge in [-0.3, -0.25) is 4.79 Å². The van der Waals surface area contributed by atoms with E-state index in [1.165, 1.54) is 11.3 Å². The molecule has 1 aromatic heterocycles. The summed E-state index contributed by atoms with van der Waals surface area (Å²) in [5, 5.41) is 12.0. The first-order valence-electron chi connectivity index (χ1n) is 5.50. The second-order valence-electron chi connectivity index (χ2n) is 4.80. The van der Waals surface area contributed by atoms with Gasteiger partial charge in [0.05, 0.1) is 21.5 Å². The van der Waals surface area contributed by atoms with E-state index in [1.54, 1.807) is 27.0 Å². The number of carbonyl (C=O) groups is 2. The van der Waals surface area contributed by atoms with Gasteiger partial charge in [-0.2, -0.15) is 0 Å². The molecule has 8 heteroatoms. The number of halogens is 1. The van der Waals surface area contributed by atoms with Crippen LogP contribution < -0.4 is 5.32 Å². The van der Waals surface area contributed by atoms with Crippen LogP contribution in [0.15, 0.2) is 6.20 Å². The molecule has 0 saturated heterocycles. The minimum atomic E-state index is -1.01. The van der Waals surface area contributed by atoms with Crippen molar-refractivity contribution in [1.82, 2.24) is 10.3 Å². The van der Waals surface area contributed by atoms with Crippen LogP contribution in [0.25, 0.3) is 0 Å². The molecule has 106 valence electrons. The van der Waals surface area contributed by atoms with Gasteiger partial charge in [0.1, 0.15) is 10.6 Å². The van der Waals surface area contributed by atoms with Crippen LogP contribution in [0.5, 0.6) is 0 Å². The molecular weight excluding hydrogens is 383 g/mol. The van der Waals surface area contributed by atoms with Crippen LogP contribution in [0, 0.1) is 2.88 Å². The fraction of sp³-hybridized carbons (Fsp3) is 0.545. The number of aromatic nitrogens is 1. The number of carboxylic acid groups (broad SMARTS) is 1. The highest BCUT2D eigenvalue weighted by Gasteiger charge is 2.24. The van der Waals surface area contributed by atoms with Gasteiger partial charge in [0, 0.05) is 0 Å². The van der Waals surface area contributed by atoms with Gasteiger partial charge in [0.25, 0.3) is 0 Å². The van der Waals surface area contributed by atoms with Gasteiger partial charge in [-0.15, -0.1) is 11.3 Å². The maximum Gasteiger partial charge on any atom is 0.408 e. The van der Waals surface area contributed by atoms with Crippen LogP contribution in [0.1, 0.15) is 38.2 Å². The first-order chi connectivity index (χ1) is 8.67. The zero-order valence-electron chi connectivity index (χ0n) is 10.8. The van der Waals surface area contributed by atoms with E-state index >= 15 is 0 Å². The molecule has 0 aromatic carbocycles. The summed E-state index contributed by atoms with van der Waals surface area (Å²) in [6.07, 6.45) is 0.749. The van der Waals surface area contributed by atoms with E-state index in [9.17, 15) is 9.59 Å². The Labute approximate surface area is 128 Å². The average Bonchev–Trinajstić information content (AvgIpc) is 2.60. The Morgan fingerprint density at radius 3 is 2.63 bits per heavy atom. The third kappa shape index (κ3) is 6.19. The number of carbonyl (C=O) groups excluding carboxylic acids is 1. The number of thiazole rings is 1. The normalized spacial score (nSPS) is 12.8. The van der Waals surface area contributed by atoms with E-state index < -0.39 is 23.7 Å². The molecule has 0 spiro atoms. The molecule has 1 aromatic rings. The smallest absolute Gasteiger partial charge is 0.408 e. The van der Waals surface area contributed by atoms with Crippen molar-refractivity contribution >= 4 is 46.0 Å². The molecule has 6 nitrogen and oxygen atoms in total. The maximum absolute atomic E-state index is 11.7. The number of hydrogen-bond acceptors (Lipinski definition) is 5. The number of carboxylic acids is 1. The van der Waals surface area contributed by atoms with Crippen LogP contribution in [-0.4, -0.2) is 27.8 Å². The number of aliphatic carboxylic acids is 1. The minimum absolute atomic E-state index is 0.233. The number of nitrogens with zero attached hydrogens (tertiary/aromatic N) is 1. The first-order valence-corrected chi connectivity index (χ1v) is 7.39. The lowest BCUT2D eigenvalue weighted by molar-refractivity contribution is -0.137. The van der Waals surface area contributed by atoms with Gasteiger partial charge in [-0.1, -0.05) is 0 Å². The minimum Gasteiger partial charge on any atom is -0.481 e. The SMILES string of the molecule is CC(C)(C)OC(=O)N[C@H](CC(=O)O)c1ncc(I)s1. The Morgan fingerprint density at radius 2 is 2.21 bits per heavy atom. The van der Waals surface area contributed by atoms with E-state index in [0.717, 1.165) is 2.88 Å². The van der Waals surface area contributed by atoms with E-state index in [2.05, 4.69) is 32.9 Å². The van der Waals surface area contributed by atoms with E-state index in [0.29, 0.717) is 5.01 Å². The standard InChI is InChI=1S/C11H15IN2O4S/c1-11(2,3)18-10(17)14-6(4-8(15)16)9-13-5-7(12)19-9/h5-6H,4H2,1-3H3,(H,14,17)(H,15,16)/t6-/m1/s1. The van der Waals surface area contributed by atoms with Crippen LogP contribution in [0.4, 0.5) is 4.79 Å². The monoisotopic (exact) mass is 398 g/mol. The molecule has 0 saturated carbocycles. The summed E-state index contributed by atoms with van der Waals surface area (Å²) in [6, 6.07) is -0.680.